The molecule has 0 aliphatic rings. The molecule has 3 aromatic heterocycles. The molecule has 0 fully saturated rings. The number of nitrogens with zero attached hydrogens (tertiary/aromatic N) is 4. The van der Waals surface area contributed by atoms with Crippen molar-refractivity contribution in [1.29, 1.82) is 0 Å². The summed E-state index contributed by atoms with van der Waals surface area (Å²) in [4.78, 5) is 16.2. The van der Waals surface area contributed by atoms with Gasteiger partial charge in [-0.05, 0) is 42.0 Å². The van der Waals surface area contributed by atoms with Crippen molar-refractivity contribution in [2.24, 2.45) is 0 Å². The highest BCUT2D eigenvalue weighted by Gasteiger charge is 2.15. The predicted molar refractivity (Wildman–Crippen MR) is 117 cm³/mol. The molecule has 5 rings (SSSR count). The minimum atomic E-state index is -0.132. The van der Waals surface area contributed by atoms with Crippen molar-refractivity contribution >= 4 is 39.3 Å². The number of ether oxygens (including phenoxy) is 1. The van der Waals surface area contributed by atoms with Crippen LogP contribution in [0.4, 0.5) is 11.5 Å². The minimum absolute atomic E-state index is 0.132. The summed E-state index contributed by atoms with van der Waals surface area (Å²) in [6, 6.07) is 17.2. The Morgan fingerprint density at radius 1 is 1.16 bits per heavy atom. The summed E-state index contributed by atoms with van der Waals surface area (Å²) in [7, 11) is 1.65. The Labute approximate surface area is 177 Å². The standard InChI is InChI=1S/C23H19N5O3/c1-14(29)21-18-10-7-16(12-20(18)31-27-21)25-23-22-19(4-3-11-24-22)28(26-23)13-15-5-8-17(30-2)9-6-15/h3-12H,13H2,1-2H3,(H,25,26). The fourth-order valence-electron chi connectivity index (χ4n) is 3.52. The second kappa shape index (κ2) is 7.56. The molecule has 0 bridgehead atoms. The van der Waals surface area contributed by atoms with E-state index in [0.29, 0.717) is 29.0 Å². The third-order valence-electron chi connectivity index (χ3n) is 5.07. The smallest absolute Gasteiger partial charge is 0.182 e. The summed E-state index contributed by atoms with van der Waals surface area (Å²) >= 11 is 0. The van der Waals surface area contributed by atoms with Gasteiger partial charge < -0.3 is 14.6 Å². The van der Waals surface area contributed by atoms with Crippen LogP contribution < -0.4 is 10.1 Å². The number of hydrogen-bond acceptors (Lipinski definition) is 7. The SMILES string of the molecule is COc1ccc(Cn2nc(Nc3ccc4c(C(C)=O)noc4c3)c3ncccc32)cc1. The molecular weight excluding hydrogens is 394 g/mol. The fourth-order valence-corrected chi connectivity index (χ4v) is 3.52. The van der Waals surface area contributed by atoms with Crippen molar-refractivity contribution in [3.63, 3.8) is 0 Å². The monoisotopic (exact) mass is 413 g/mol. The summed E-state index contributed by atoms with van der Waals surface area (Å²) in [5, 5.41) is 12.6. The Hall–Kier alpha value is -4.20. The second-order valence-corrected chi connectivity index (χ2v) is 7.15. The number of methoxy groups -OCH3 is 1. The van der Waals surface area contributed by atoms with Crippen LogP contribution in [-0.4, -0.2) is 32.8 Å². The third-order valence-corrected chi connectivity index (χ3v) is 5.07. The molecule has 5 aromatic rings. The summed E-state index contributed by atoms with van der Waals surface area (Å²) in [6.07, 6.45) is 1.74. The summed E-state index contributed by atoms with van der Waals surface area (Å²) in [6.45, 7) is 2.06. The van der Waals surface area contributed by atoms with Crippen molar-refractivity contribution in [2.45, 2.75) is 13.5 Å². The number of rotatable bonds is 6. The number of hydrogen-bond donors (Lipinski definition) is 1. The molecule has 0 aliphatic heterocycles. The van der Waals surface area contributed by atoms with Gasteiger partial charge in [0, 0.05) is 24.9 Å². The first-order valence-corrected chi connectivity index (χ1v) is 9.74. The summed E-state index contributed by atoms with van der Waals surface area (Å²) in [5.41, 5.74) is 4.40. The number of fused-ring (bicyclic) bond motifs is 2. The molecule has 0 saturated carbocycles. The lowest BCUT2D eigenvalue weighted by Gasteiger charge is -2.05. The van der Waals surface area contributed by atoms with Crippen LogP contribution in [0.3, 0.4) is 0 Å². The first-order chi connectivity index (χ1) is 15.1. The maximum Gasteiger partial charge on any atom is 0.182 e. The van der Waals surface area contributed by atoms with Crippen LogP contribution in [0.15, 0.2) is 65.3 Å². The molecule has 8 nitrogen and oxygen atoms in total. The zero-order valence-electron chi connectivity index (χ0n) is 17.0. The molecule has 1 N–H and O–H groups in total. The topological polar surface area (TPSA) is 95.1 Å². The largest absolute Gasteiger partial charge is 0.497 e. The van der Waals surface area contributed by atoms with Crippen molar-refractivity contribution in [1.82, 2.24) is 19.9 Å². The Balaban J connectivity index is 1.48. The quantitative estimate of drug-likeness (QED) is 0.407. The van der Waals surface area contributed by atoms with Crippen LogP contribution >= 0.6 is 0 Å². The number of Topliss-reactive ketones (excluding diaryl/α,β-unsaturated/α-hetero) is 1. The number of pyridine rings is 1. The van der Waals surface area contributed by atoms with Gasteiger partial charge in [-0.15, -0.1) is 0 Å². The van der Waals surface area contributed by atoms with Crippen LogP contribution in [0.25, 0.3) is 22.0 Å². The van der Waals surface area contributed by atoms with E-state index in [9.17, 15) is 4.79 Å². The van der Waals surface area contributed by atoms with Gasteiger partial charge in [0.1, 0.15) is 11.3 Å². The van der Waals surface area contributed by atoms with E-state index in [1.165, 1.54) is 6.92 Å². The lowest BCUT2D eigenvalue weighted by atomic mass is 10.1. The van der Waals surface area contributed by atoms with Gasteiger partial charge >= 0.3 is 0 Å². The molecule has 0 atom stereocenters. The van der Waals surface area contributed by atoms with Crippen LogP contribution in [0, 0.1) is 0 Å². The number of carbonyl (C=O) groups is 1. The molecule has 31 heavy (non-hydrogen) atoms. The van der Waals surface area contributed by atoms with Gasteiger partial charge in [-0.3, -0.25) is 14.5 Å². The van der Waals surface area contributed by atoms with Crippen LogP contribution in [0.1, 0.15) is 23.0 Å². The minimum Gasteiger partial charge on any atom is -0.497 e. The van der Waals surface area contributed by atoms with E-state index in [1.54, 1.807) is 19.4 Å². The normalized spacial score (nSPS) is 11.2. The fraction of sp³-hybridized carbons (Fsp3) is 0.130. The molecule has 3 heterocycles. The third kappa shape index (κ3) is 3.48. The van der Waals surface area contributed by atoms with E-state index < -0.39 is 0 Å². The van der Waals surface area contributed by atoms with Gasteiger partial charge in [-0.25, -0.2) is 0 Å². The van der Waals surface area contributed by atoms with Crippen molar-refractivity contribution in [3.8, 4) is 5.75 Å². The number of anilines is 2. The van der Waals surface area contributed by atoms with Gasteiger partial charge in [0.2, 0.25) is 0 Å². The molecule has 0 radical (unpaired) electrons. The van der Waals surface area contributed by atoms with Crippen molar-refractivity contribution < 1.29 is 14.1 Å². The Morgan fingerprint density at radius 3 is 2.77 bits per heavy atom. The van der Waals surface area contributed by atoms with Gasteiger partial charge in [0.25, 0.3) is 0 Å². The number of ketones is 1. The Bertz CT molecular complexity index is 1400. The zero-order chi connectivity index (χ0) is 21.4. The van der Waals surface area contributed by atoms with Gasteiger partial charge in [-0.1, -0.05) is 17.3 Å². The molecule has 8 heteroatoms. The second-order valence-electron chi connectivity index (χ2n) is 7.15. The van der Waals surface area contributed by atoms with Crippen molar-refractivity contribution in [2.75, 3.05) is 12.4 Å². The molecule has 0 amide bonds. The number of nitrogens with one attached hydrogen (secondary N) is 1. The molecule has 2 aromatic carbocycles. The average Bonchev–Trinajstić information content (AvgIpc) is 3.36. The van der Waals surface area contributed by atoms with Gasteiger partial charge in [-0.2, -0.15) is 5.10 Å². The van der Waals surface area contributed by atoms with E-state index in [4.69, 9.17) is 14.4 Å². The lowest BCUT2D eigenvalue weighted by Crippen LogP contribution is -2.02. The zero-order valence-corrected chi connectivity index (χ0v) is 17.0. The maximum absolute atomic E-state index is 11.7. The highest BCUT2D eigenvalue weighted by atomic mass is 16.5. The van der Waals surface area contributed by atoms with Gasteiger partial charge in [0.05, 0.1) is 24.6 Å². The van der Waals surface area contributed by atoms with Crippen LogP contribution in [0.2, 0.25) is 0 Å². The molecule has 0 aliphatic carbocycles. The van der Waals surface area contributed by atoms with Crippen LogP contribution in [-0.2, 0) is 6.54 Å². The Morgan fingerprint density at radius 2 is 2.00 bits per heavy atom. The number of benzene rings is 2. The number of aromatic nitrogens is 4. The van der Waals surface area contributed by atoms with Gasteiger partial charge in [0.15, 0.2) is 22.9 Å². The Kier molecular flexibility index (Phi) is 4.59. The first-order valence-electron chi connectivity index (χ1n) is 9.74. The molecule has 0 saturated heterocycles. The average molecular weight is 413 g/mol. The van der Waals surface area contributed by atoms with Crippen molar-refractivity contribution in [3.05, 3.63) is 72.1 Å². The van der Waals surface area contributed by atoms with E-state index in [2.05, 4.69) is 15.5 Å². The number of carbonyl (C=O) groups excluding carboxylic acids is 1. The molecular formula is C23H19N5O3. The van der Waals surface area contributed by atoms with E-state index >= 15 is 0 Å². The highest BCUT2D eigenvalue weighted by Crippen LogP contribution is 2.28. The molecule has 0 spiro atoms. The maximum atomic E-state index is 11.7. The summed E-state index contributed by atoms with van der Waals surface area (Å²) < 4.78 is 12.5. The predicted octanol–water partition coefficient (Wildman–Crippen LogP) is 4.58. The first kappa shape index (κ1) is 18.8. The highest BCUT2D eigenvalue weighted by molar-refractivity contribution is 6.04. The van der Waals surface area contributed by atoms with E-state index in [0.717, 1.165) is 28.0 Å². The molecule has 0 unspecified atom stereocenters. The van der Waals surface area contributed by atoms with E-state index in [-0.39, 0.29) is 5.78 Å². The summed E-state index contributed by atoms with van der Waals surface area (Å²) in [5.74, 6) is 1.32. The van der Waals surface area contributed by atoms with E-state index in [1.807, 2.05) is 53.2 Å². The molecule has 154 valence electrons. The lowest BCUT2D eigenvalue weighted by molar-refractivity contribution is 0.101. The van der Waals surface area contributed by atoms with Crippen LogP contribution in [0.5, 0.6) is 5.75 Å².